The minimum absolute atomic E-state index is 0.333. The van der Waals surface area contributed by atoms with Crippen molar-refractivity contribution in [2.24, 2.45) is 5.10 Å². The molecule has 3 aromatic carbocycles. The zero-order valence-electron chi connectivity index (χ0n) is 13.2. The van der Waals surface area contributed by atoms with Crippen LogP contribution in [0.2, 0.25) is 5.02 Å². The maximum absolute atomic E-state index is 12.7. The molecule has 0 spiro atoms. The Balaban J connectivity index is 1.91. The van der Waals surface area contributed by atoms with E-state index in [1.807, 2.05) is 66.7 Å². The topological polar surface area (TPSA) is 44.7 Å². The molecule has 0 saturated carbocycles. The lowest BCUT2D eigenvalue weighted by atomic mass is 10.00. The lowest BCUT2D eigenvalue weighted by molar-refractivity contribution is 0.249. The van der Waals surface area contributed by atoms with Crippen LogP contribution < -0.4 is 10.3 Å². The van der Waals surface area contributed by atoms with Gasteiger partial charge in [-0.1, -0.05) is 66.2 Å². The number of halogens is 1. The molecule has 0 aliphatic carbocycles. The number of hydrogen-bond donors (Lipinski definition) is 1. The molecule has 3 aromatic rings. The molecule has 1 N–H and O–H groups in total. The molecule has 0 radical (unpaired) electrons. The van der Waals surface area contributed by atoms with Gasteiger partial charge < -0.3 is 0 Å². The molecule has 0 bridgehead atoms. The Morgan fingerprint density at radius 3 is 2.44 bits per heavy atom. The molecule has 122 valence electrons. The van der Waals surface area contributed by atoms with Gasteiger partial charge in [0.2, 0.25) is 0 Å². The molecular formula is C20H14ClN3O. The summed E-state index contributed by atoms with van der Waals surface area (Å²) in [5, 5.41) is 4.92. The molecule has 0 unspecified atom stereocenters. The summed E-state index contributed by atoms with van der Waals surface area (Å²) in [6, 6.07) is 24.3. The van der Waals surface area contributed by atoms with Crippen molar-refractivity contribution in [3.63, 3.8) is 0 Å². The second-order valence-corrected chi connectivity index (χ2v) is 6.01. The number of anilines is 2. The van der Waals surface area contributed by atoms with E-state index < -0.39 is 0 Å². The van der Waals surface area contributed by atoms with E-state index in [1.54, 1.807) is 17.0 Å². The minimum Gasteiger partial charge on any atom is -0.261 e. The van der Waals surface area contributed by atoms with Crippen LogP contribution in [0.4, 0.5) is 16.2 Å². The van der Waals surface area contributed by atoms with Gasteiger partial charge in [-0.15, -0.1) is 0 Å². The third-order valence-corrected chi connectivity index (χ3v) is 4.22. The van der Waals surface area contributed by atoms with Gasteiger partial charge in [0.15, 0.2) is 0 Å². The van der Waals surface area contributed by atoms with Crippen molar-refractivity contribution in [3.05, 3.63) is 95.0 Å². The van der Waals surface area contributed by atoms with Crippen LogP contribution in [0, 0.1) is 0 Å². The van der Waals surface area contributed by atoms with Gasteiger partial charge in [-0.2, -0.15) is 5.10 Å². The molecule has 4 rings (SSSR count). The summed E-state index contributed by atoms with van der Waals surface area (Å²) in [5.41, 5.74) is 6.59. The fourth-order valence-corrected chi connectivity index (χ4v) is 3.06. The lowest BCUT2D eigenvalue weighted by Gasteiger charge is -2.22. The van der Waals surface area contributed by atoms with E-state index in [4.69, 9.17) is 11.6 Å². The number of amides is 2. The van der Waals surface area contributed by atoms with Crippen molar-refractivity contribution in [1.82, 2.24) is 5.43 Å². The van der Waals surface area contributed by atoms with Crippen molar-refractivity contribution >= 4 is 34.7 Å². The van der Waals surface area contributed by atoms with Crippen molar-refractivity contribution in [3.8, 4) is 0 Å². The molecule has 0 aromatic heterocycles. The molecule has 4 nitrogen and oxygen atoms in total. The fraction of sp³-hybridized carbons (Fsp3) is 0. The van der Waals surface area contributed by atoms with Gasteiger partial charge in [-0.3, -0.25) is 4.90 Å². The van der Waals surface area contributed by atoms with Gasteiger partial charge in [0.25, 0.3) is 0 Å². The Morgan fingerprint density at radius 2 is 1.64 bits per heavy atom. The number of urea groups is 1. The van der Waals surface area contributed by atoms with Crippen LogP contribution in [0.5, 0.6) is 0 Å². The maximum atomic E-state index is 12.7. The van der Waals surface area contributed by atoms with E-state index in [0.717, 1.165) is 16.8 Å². The van der Waals surface area contributed by atoms with E-state index >= 15 is 0 Å². The van der Waals surface area contributed by atoms with Crippen LogP contribution in [0.1, 0.15) is 11.1 Å². The maximum Gasteiger partial charge on any atom is 0.346 e. The van der Waals surface area contributed by atoms with Crippen molar-refractivity contribution in [2.45, 2.75) is 0 Å². The quantitative estimate of drug-likeness (QED) is 0.700. The first-order chi connectivity index (χ1) is 12.2. The number of nitrogens with zero attached hydrogens (tertiary/aromatic N) is 2. The molecule has 1 heterocycles. The zero-order chi connectivity index (χ0) is 17.2. The predicted octanol–water partition coefficient (Wildman–Crippen LogP) is 4.95. The number of carbonyl (C=O) groups is 1. The summed E-state index contributed by atoms with van der Waals surface area (Å²) >= 11 is 6.12. The third kappa shape index (κ3) is 2.88. The first-order valence-corrected chi connectivity index (χ1v) is 8.20. The Bertz CT molecular complexity index is 969. The van der Waals surface area contributed by atoms with Crippen LogP contribution in [-0.4, -0.2) is 11.7 Å². The Morgan fingerprint density at radius 1 is 0.880 bits per heavy atom. The van der Waals surface area contributed by atoms with Crippen LogP contribution in [-0.2, 0) is 0 Å². The number of para-hydroxylation sites is 1. The van der Waals surface area contributed by atoms with Gasteiger partial charge in [0, 0.05) is 16.1 Å². The van der Waals surface area contributed by atoms with E-state index in [0.29, 0.717) is 16.4 Å². The number of rotatable bonds is 2. The summed E-state index contributed by atoms with van der Waals surface area (Å²) in [7, 11) is 0. The van der Waals surface area contributed by atoms with Gasteiger partial charge in [-0.25, -0.2) is 10.2 Å². The largest absolute Gasteiger partial charge is 0.346 e. The lowest BCUT2D eigenvalue weighted by Crippen LogP contribution is -2.33. The van der Waals surface area contributed by atoms with Gasteiger partial charge in [0.1, 0.15) is 5.71 Å². The number of nitrogens with one attached hydrogen (secondary N) is 1. The molecule has 5 heteroatoms. The first-order valence-electron chi connectivity index (χ1n) is 7.82. The minimum atomic E-state index is -0.333. The molecule has 1 aliphatic heterocycles. The van der Waals surface area contributed by atoms with E-state index in [9.17, 15) is 4.79 Å². The van der Waals surface area contributed by atoms with Gasteiger partial charge in [-0.05, 0) is 24.3 Å². The summed E-state index contributed by atoms with van der Waals surface area (Å²) in [5.74, 6) is 0. The van der Waals surface area contributed by atoms with E-state index in [2.05, 4.69) is 10.5 Å². The number of carbonyl (C=O) groups excluding carboxylic acids is 1. The number of benzene rings is 3. The third-order valence-electron chi connectivity index (χ3n) is 3.98. The highest BCUT2D eigenvalue weighted by molar-refractivity contribution is 6.31. The first kappa shape index (κ1) is 15.4. The smallest absolute Gasteiger partial charge is 0.261 e. The SMILES string of the molecule is O=C1NN=C(c2ccccc2)c2ccccc2N1c1cccc(Cl)c1. The van der Waals surface area contributed by atoms with Gasteiger partial charge >= 0.3 is 6.03 Å². The highest BCUT2D eigenvalue weighted by Crippen LogP contribution is 2.33. The average molecular weight is 348 g/mol. The molecule has 0 fully saturated rings. The highest BCUT2D eigenvalue weighted by atomic mass is 35.5. The van der Waals surface area contributed by atoms with E-state index in [-0.39, 0.29) is 6.03 Å². The van der Waals surface area contributed by atoms with Crippen LogP contribution in [0.25, 0.3) is 0 Å². The van der Waals surface area contributed by atoms with Crippen LogP contribution >= 0.6 is 11.6 Å². The fourth-order valence-electron chi connectivity index (χ4n) is 2.88. The molecule has 0 saturated heterocycles. The molecule has 2 amide bonds. The second-order valence-electron chi connectivity index (χ2n) is 5.58. The zero-order valence-corrected chi connectivity index (χ0v) is 13.9. The normalized spacial score (nSPS) is 13.6. The van der Waals surface area contributed by atoms with Crippen molar-refractivity contribution in [1.29, 1.82) is 0 Å². The van der Waals surface area contributed by atoms with Crippen LogP contribution in [0.3, 0.4) is 0 Å². The number of hydrazone groups is 1. The number of hydrogen-bond acceptors (Lipinski definition) is 2. The summed E-state index contributed by atoms with van der Waals surface area (Å²) in [4.78, 5) is 14.3. The Hall–Kier alpha value is -3.11. The number of fused-ring (bicyclic) bond motifs is 1. The second kappa shape index (κ2) is 6.42. The Kier molecular flexibility index (Phi) is 3.96. The standard InChI is InChI=1S/C20H14ClN3O/c21-15-9-6-10-16(13-15)24-18-12-5-4-11-17(18)19(22-23-20(24)25)14-7-2-1-3-8-14/h1-13H,(H,23,25). The molecule has 0 atom stereocenters. The molecule has 1 aliphatic rings. The van der Waals surface area contributed by atoms with Crippen molar-refractivity contribution < 1.29 is 4.79 Å². The predicted molar refractivity (Wildman–Crippen MR) is 101 cm³/mol. The summed E-state index contributed by atoms with van der Waals surface area (Å²) in [6.07, 6.45) is 0. The average Bonchev–Trinajstić information content (AvgIpc) is 2.78. The highest BCUT2D eigenvalue weighted by Gasteiger charge is 2.26. The molecular weight excluding hydrogens is 334 g/mol. The van der Waals surface area contributed by atoms with Crippen LogP contribution in [0.15, 0.2) is 84.0 Å². The van der Waals surface area contributed by atoms with Crippen molar-refractivity contribution in [2.75, 3.05) is 4.90 Å². The summed E-state index contributed by atoms with van der Waals surface area (Å²) < 4.78 is 0. The van der Waals surface area contributed by atoms with Gasteiger partial charge in [0.05, 0.1) is 11.4 Å². The Labute approximate surface area is 150 Å². The summed E-state index contributed by atoms with van der Waals surface area (Å²) in [6.45, 7) is 0. The van der Waals surface area contributed by atoms with E-state index in [1.165, 1.54) is 0 Å². The monoisotopic (exact) mass is 347 g/mol. The molecule has 25 heavy (non-hydrogen) atoms.